The number of carbonyl (C=O) groups is 2. The van der Waals surface area contributed by atoms with Gasteiger partial charge in [-0.3, -0.25) is 19.2 Å². The van der Waals surface area contributed by atoms with E-state index in [4.69, 9.17) is 0 Å². The third-order valence-electron chi connectivity index (χ3n) is 4.21. The van der Waals surface area contributed by atoms with Crippen LogP contribution < -0.4 is 5.32 Å². The molecular formula is C16H27N5O2. The maximum atomic E-state index is 12.1. The first-order valence-electron chi connectivity index (χ1n) is 8.24. The Morgan fingerprint density at radius 2 is 2.13 bits per heavy atom. The first-order chi connectivity index (χ1) is 11.0. The van der Waals surface area contributed by atoms with Gasteiger partial charge in [0.1, 0.15) is 0 Å². The van der Waals surface area contributed by atoms with Crippen molar-refractivity contribution in [2.75, 3.05) is 33.2 Å². The quantitative estimate of drug-likeness (QED) is 0.848. The van der Waals surface area contributed by atoms with E-state index in [1.54, 1.807) is 18.9 Å². The summed E-state index contributed by atoms with van der Waals surface area (Å²) in [5, 5.41) is 7.06. The summed E-state index contributed by atoms with van der Waals surface area (Å²) in [6, 6.07) is 0. The van der Waals surface area contributed by atoms with Crippen molar-refractivity contribution in [1.29, 1.82) is 0 Å². The highest BCUT2D eigenvalue weighted by atomic mass is 16.2. The van der Waals surface area contributed by atoms with Gasteiger partial charge in [0.05, 0.1) is 12.1 Å². The topological polar surface area (TPSA) is 70.5 Å². The van der Waals surface area contributed by atoms with Gasteiger partial charge in [-0.05, 0) is 6.42 Å². The monoisotopic (exact) mass is 321 g/mol. The summed E-state index contributed by atoms with van der Waals surface area (Å²) < 4.78 is 1.95. The molecule has 7 heteroatoms. The lowest BCUT2D eigenvalue weighted by atomic mass is 10.1. The van der Waals surface area contributed by atoms with Crippen LogP contribution in [0.1, 0.15) is 25.8 Å². The number of nitrogens with zero attached hydrogens (tertiary/aromatic N) is 4. The van der Waals surface area contributed by atoms with Crippen molar-refractivity contribution in [3.63, 3.8) is 0 Å². The Labute approximate surface area is 137 Å². The summed E-state index contributed by atoms with van der Waals surface area (Å²) in [5.74, 6) is -0.182. The van der Waals surface area contributed by atoms with Gasteiger partial charge in [-0.15, -0.1) is 0 Å². The van der Waals surface area contributed by atoms with E-state index in [9.17, 15) is 9.59 Å². The van der Waals surface area contributed by atoms with E-state index in [-0.39, 0.29) is 17.7 Å². The van der Waals surface area contributed by atoms with E-state index in [1.807, 2.05) is 10.9 Å². The summed E-state index contributed by atoms with van der Waals surface area (Å²) in [6.45, 7) is 7.93. The zero-order chi connectivity index (χ0) is 16.8. The largest absolute Gasteiger partial charge is 0.359 e. The number of rotatable bonds is 5. The molecule has 1 atom stereocenters. The number of aromatic nitrogens is 2. The van der Waals surface area contributed by atoms with E-state index in [2.05, 4.69) is 28.4 Å². The predicted octanol–water partition coefficient (Wildman–Crippen LogP) is 0.319. The molecule has 0 unspecified atom stereocenters. The van der Waals surface area contributed by atoms with Crippen LogP contribution in [-0.2, 0) is 22.7 Å². The number of aryl methyl sites for hydroxylation is 1. The Hall–Kier alpha value is -1.89. The van der Waals surface area contributed by atoms with Crippen molar-refractivity contribution >= 4 is 11.8 Å². The van der Waals surface area contributed by atoms with E-state index in [0.717, 1.165) is 31.6 Å². The molecule has 0 radical (unpaired) electrons. The van der Waals surface area contributed by atoms with Crippen molar-refractivity contribution in [3.8, 4) is 0 Å². The van der Waals surface area contributed by atoms with Crippen molar-refractivity contribution < 1.29 is 9.59 Å². The third kappa shape index (κ3) is 4.79. The lowest BCUT2D eigenvalue weighted by Gasteiger charge is -2.22. The van der Waals surface area contributed by atoms with Crippen LogP contribution >= 0.6 is 0 Å². The van der Waals surface area contributed by atoms with Gasteiger partial charge in [0.25, 0.3) is 0 Å². The lowest BCUT2D eigenvalue weighted by molar-refractivity contribution is -0.130. The number of hydrogen-bond donors (Lipinski definition) is 1. The fraction of sp³-hybridized carbons (Fsp3) is 0.688. The normalized spacial score (nSPS) is 19.4. The second kappa shape index (κ2) is 8.10. The zero-order valence-electron chi connectivity index (χ0n) is 14.3. The molecule has 128 valence electrons. The first kappa shape index (κ1) is 17.5. The standard InChI is InChI=1S/C16H27N5O2/c1-4-5-21-10-14(8-18-21)9-19-6-7-20(13(2)22)12-15(11-19)16(23)17-3/h8,10,15H,4-7,9,11-12H2,1-3H3,(H,17,23)/t15-/m0/s1. The molecule has 1 aromatic rings. The molecule has 1 aromatic heterocycles. The minimum absolute atomic E-state index is 0.00942. The summed E-state index contributed by atoms with van der Waals surface area (Å²) in [5.41, 5.74) is 1.14. The molecule has 0 bridgehead atoms. The first-order valence-corrected chi connectivity index (χ1v) is 8.24. The molecule has 1 saturated heterocycles. The molecular weight excluding hydrogens is 294 g/mol. The molecule has 0 aliphatic carbocycles. The highest BCUT2D eigenvalue weighted by Gasteiger charge is 2.28. The van der Waals surface area contributed by atoms with Gasteiger partial charge in [0.2, 0.25) is 11.8 Å². The maximum Gasteiger partial charge on any atom is 0.225 e. The fourth-order valence-electron chi connectivity index (χ4n) is 2.98. The maximum absolute atomic E-state index is 12.1. The van der Waals surface area contributed by atoms with E-state index < -0.39 is 0 Å². The van der Waals surface area contributed by atoms with Crippen LogP contribution in [-0.4, -0.2) is 64.6 Å². The Kier molecular flexibility index (Phi) is 6.15. The van der Waals surface area contributed by atoms with Gasteiger partial charge in [0.15, 0.2) is 0 Å². The van der Waals surface area contributed by atoms with Crippen LogP contribution in [0.2, 0.25) is 0 Å². The molecule has 0 spiro atoms. The molecule has 1 aliphatic heterocycles. The molecule has 2 rings (SSSR count). The molecule has 23 heavy (non-hydrogen) atoms. The number of nitrogens with one attached hydrogen (secondary N) is 1. The van der Waals surface area contributed by atoms with Gasteiger partial charge in [-0.1, -0.05) is 6.92 Å². The average molecular weight is 321 g/mol. The molecule has 0 saturated carbocycles. The Bertz CT molecular complexity index is 542. The number of hydrogen-bond acceptors (Lipinski definition) is 4. The van der Waals surface area contributed by atoms with E-state index >= 15 is 0 Å². The van der Waals surface area contributed by atoms with Crippen LogP contribution in [0.25, 0.3) is 0 Å². The van der Waals surface area contributed by atoms with Gasteiger partial charge >= 0.3 is 0 Å². The molecule has 1 aliphatic rings. The van der Waals surface area contributed by atoms with Crippen LogP contribution in [0.4, 0.5) is 0 Å². The summed E-state index contributed by atoms with van der Waals surface area (Å²) in [4.78, 5) is 27.8. The van der Waals surface area contributed by atoms with Crippen LogP contribution in [0.3, 0.4) is 0 Å². The van der Waals surface area contributed by atoms with Crippen LogP contribution in [0, 0.1) is 5.92 Å². The zero-order valence-corrected chi connectivity index (χ0v) is 14.3. The average Bonchev–Trinajstić information content (AvgIpc) is 2.84. The van der Waals surface area contributed by atoms with Crippen molar-refractivity contribution in [3.05, 3.63) is 18.0 Å². The molecule has 2 heterocycles. The smallest absolute Gasteiger partial charge is 0.225 e. The molecule has 0 aromatic carbocycles. The van der Waals surface area contributed by atoms with Crippen LogP contribution in [0.5, 0.6) is 0 Å². The van der Waals surface area contributed by atoms with Crippen LogP contribution in [0.15, 0.2) is 12.4 Å². The molecule has 2 amide bonds. The lowest BCUT2D eigenvalue weighted by Crippen LogP contribution is -2.40. The Morgan fingerprint density at radius 1 is 1.35 bits per heavy atom. The third-order valence-corrected chi connectivity index (χ3v) is 4.21. The SMILES string of the molecule is CCCn1cc(CN2CCN(C(C)=O)C[C@@H](C(=O)NC)C2)cn1. The van der Waals surface area contributed by atoms with Gasteiger partial charge in [-0.2, -0.15) is 5.10 Å². The highest BCUT2D eigenvalue weighted by molar-refractivity contribution is 5.80. The summed E-state index contributed by atoms with van der Waals surface area (Å²) >= 11 is 0. The van der Waals surface area contributed by atoms with Crippen molar-refractivity contribution in [2.45, 2.75) is 33.4 Å². The second-order valence-electron chi connectivity index (χ2n) is 6.12. The number of amides is 2. The molecule has 1 fully saturated rings. The minimum atomic E-state index is -0.197. The summed E-state index contributed by atoms with van der Waals surface area (Å²) in [7, 11) is 1.64. The van der Waals surface area contributed by atoms with Gasteiger partial charge in [-0.25, -0.2) is 0 Å². The number of carbonyl (C=O) groups excluding carboxylic acids is 2. The highest BCUT2D eigenvalue weighted by Crippen LogP contribution is 2.13. The Balaban J connectivity index is 2.04. The second-order valence-corrected chi connectivity index (χ2v) is 6.12. The minimum Gasteiger partial charge on any atom is -0.359 e. The van der Waals surface area contributed by atoms with Gasteiger partial charge in [0, 0.05) is 65.0 Å². The van der Waals surface area contributed by atoms with E-state index in [1.165, 1.54) is 0 Å². The molecule has 1 N–H and O–H groups in total. The molecule has 7 nitrogen and oxygen atoms in total. The summed E-state index contributed by atoms with van der Waals surface area (Å²) in [6.07, 6.45) is 5.00. The Morgan fingerprint density at radius 3 is 2.78 bits per heavy atom. The van der Waals surface area contributed by atoms with Crippen molar-refractivity contribution in [1.82, 2.24) is 24.9 Å². The fourth-order valence-corrected chi connectivity index (χ4v) is 2.98. The van der Waals surface area contributed by atoms with Gasteiger partial charge < -0.3 is 10.2 Å². The van der Waals surface area contributed by atoms with E-state index in [0.29, 0.717) is 19.6 Å². The predicted molar refractivity (Wildman–Crippen MR) is 87.6 cm³/mol. The van der Waals surface area contributed by atoms with Crippen molar-refractivity contribution in [2.24, 2.45) is 5.92 Å².